The Morgan fingerprint density at radius 3 is 2.42 bits per heavy atom. The van der Waals surface area contributed by atoms with Gasteiger partial charge in [-0.3, -0.25) is 4.79 Å². The van der Waals surface area contributed by atoms with Crippen molar-refractivity contribution in [1.82, 2.24) is 0 Å². The molecule has 0 atom stereocenters. The van der Waals surface area contributed by atoms with E-state index >= 15 is 0 Å². The largest absolute Gasteiger partial charge is 0.514 e. The fourth-order valence-electron chi connectivity index (χ4n) is 2.66. The minimum atomic E-state index is -0.806. The van der Waals surface area contributed by atoms with Crippen LogP contribution in [-0.2, 0) is 4.74 Å². The number of aryl methyl sites for hydroxylation is 1. The monoisotopic (exact) mass is 352 g/mol. The summed E-state index contributed by atoms with van der Waals surface area (Å²) >= 11 is 0. The van der Waals surface area contributed by atoms with Gasteiger partial charge in [-0.15, -0.1) is 0 Å². The molecule has 0 bridgehead atoms. The second kappa shape index (κ2) is 6.67. The van der Waals surface area contributed by atoms with Crippen molar-refractivity contribution in [1.29, 1.82) is 0 Å². The van der Waals surface area contributed by atoms with Crippen LogP contribution < -0.4 is 10.2 Å². The van der Waals surface area contributed by atoms with Crippen molar-refractivity contribution in [3.8, 4) is 16.9 Å². The summed E-state index contributed by atoms with van der Waals surface area (Å²) in [5.74, 6) is 0.264. The van der Waals surface area contributed by atoms with Gasteiger partial charge in [0.25, 0.3) is 0 Å². The van der Waals surface area contributed by atoms with Crippen molar-refractivity contribution in [3.63, 3.8) is 0 Å². The summed E-state index contributed by atoms with van der Waals surface area (Å²) in [7, 11) is 0. The summed E-state index contributed by atoms with van der Waals surface area (Å²) in [6, 6.07) is 12.5. The number of fused-ring (bicyclic) bond motifs is 1. The van der Waals surface area contributed by atoms with E-state index < -0.39 is 11.8 Å². The lowest BCUT2D eigenvalue weighted by atomic mass is 10.0. The van der Waals surface area contributed by atoms with Crippen LogP contribution in [0.25, 0.3) is 22.1 Å². The molecule has 134 valence electrons. The van der Waals surface area contributed by atoms with Crippen LogP contribution in [0.4, 0.5) is 4.79 Å². The van der Waals surface area contributed by atoms with Crippen LogP contribution in [0.1, 0.15) is 26.3 Å². The smallest absolute Gasteiger partial charge is 0.463 e. The number of rotatable bonds is 2. The maximum absolute atomic E-state index is 12.9. The highest BCUT2D eigenvalue weighted by Gasteiger charge is 2.19. The minimum absolute atomic E-state index is 0.126. The normalized spacial score (nSPS) is 11.4. The molecule has 0 spiro atoms. The summed E-state index contributed by atoms with van der Waals surface area (Å²) in [6.07, 6.45) is 0.621. The lowest BCUT2D eigenvalue weighted by Crippen LogP contribution is -2.26. The zero-order valence-corrected chi connectivity index (χ0v) is 15.2. The van der Waals surface area contributed by atoms with Crippen molar-refractivity contribution in [2.24, 2.45) is 0 Å². The van der Waals surface area contributed by atoms with Gasteiger partial charge in [-0.05, 0) is 44.9 Å². The molecule has 0 amide bonds. The maximum Gasteiger partial charge on any atom is 0.514 e. The number of benzene rings is 2. The van der Waals surface area contributed by atoms with E-state index in [2.05, 4.69) is 0 Å². The first-order valence-corrected chi connectivity index (χ1v) is 8.27. The van der Waals surface area contributed by atoms with Crippen LogP contribution in [0, 0.1) is 6.92 Å². The Kier molecular flexibility index (Phi) is 4.55. The third-order valence-electron chi connectivity index (χ3n) is 3.72. The van der Waals surface area contributed by atoms with Crippen molar-refractivity contribution < 1.29 is 18.7 Å². The third-order valence-corrected chi connectivity index (χ3v) is 3.72. The van der Waals surface area contributed by atoms with E-state index in [9.17, 15) is 9.59 Å². The van der Waals surface area contributed by atoms with Gasteiger partial charge in [0.2, 0.25) is 5.43 Å². The predicted octanol–water partition coefficient (Wildman–Crippen LogP) is 5.08. The van der Waals surface area contributed by atoms with Gasteiger partial charge < -0.3 is 13.9 Å². The summed E-state index contributed by atoms with van der Waals surface area (Å²) < 4.78 is 16.0. The van der Waals surface area contributed by atoms with Gasteiger partial charge in [0, 0.05) is 6.07 Å². The van der Waals surface area contributed by atoms with Crippen molar-refractivity contribution in [2.45, 2.75) is 33.3 Å². The molecule has 5 nitrogen and oxygen atoms in total. The maximum atomic E-state index is 12.9. The van der Waals surface area contributed by atoms with Crippen molar-refractivity contribution in [3.05, 3.63) is 64.5 Å². The molecule has 0 aliphatic rings. The van der Waals surface area contributed by atoms with E-state index in [4.69, 9.17) is 13.9 Å². The molecule has 0 fully saturated rings. The zero-order chi connectivity index (χ0) is 18.9. The molecule has 2 aromatic carbocycles. The SMILES string of the molecule is Cc1cc(OC(=O)OC(C)(C)C)cc2occ(-c3ccccc3)c(=O)c12. The predicted molar refractivity (Wildman–Crippen MR) is 99.5 cm³/mol. The molecule has 0 saturated carbocycles. The second-order valence-corrected chi connectivity index (χ2v) is 7.02. The number of carbonyl (C=O) groups is 1. The molecular formula is C21H20O5. The van der Waals surface area contributed by atoms with Crippen LogP contribution in [0.5, 0.6) is 5.75 Å². The first-order chi connectivity index (χ1) is 12.2. The lowest BCUT2D eigenvalue weighted by molar-refractivity contribution is 0.0206. The molecule has 3 aromatic rings. The molecule has 0 unspecified atom stereocenters. The number of hydrogen-bond acceptors (Lipinski definition) is 5. The Bertz CT molecular complexity index is 1010. The fourth-order valence-corrected chi connectivity index (χ4v) is 2.66. The van der Waals surface area contributed by atoms with Crippen LogP contribution in [0.3, 0.4) is 0 Å². The van der Waals surface area contributed by atoms with E-state index in [0.29, 0.717) is 22.1 Å². The Morgan fingerprint density at radius 1 is 1.08 bits per heavy atom. The zero-order valence-electron chi connectivity index (χ0n) is 15.2. The van der Waals surface area contributed by atoms with E-state index in [1.165, 1.54) is 12.3 Å². The van der Waals surface area contributed by atoms with Gasteiger partial charge in [-0.2, -0.15) is 0 Å². The number of carbonyl (C=O) groups excluding carboxylic acids is 1. The van der Waals surface area contributed by atoms with Crippen LogP contribution in [0.2, 0.25) is 0 Å². The summed E-state index contributed by atoms with van der Waals surface area (Å²) in [6.45, 7) is 7.04. The molecule has 5 heteroatoms. The Labute approximate surface area is 151 Å². The molecule has 26 heavy (non-hydrogen) atoms. The molecule has 0 N–H and O–H groups in total. The van der Waals surface area contributed by atoms with E-state index in [0.717, 1.165) is 5.56 Å². The second-order valence-electron chi connectivity index (χ2n) is 7.02. The summed E-state index contributed by atoms with van der Waals surface area (Å²) in [5.41, 5.74) is 1.51. The summed E-state index contributed by atoms with van der Waals surface area (Å²) in [4.78, 5) is 24.7. The number of ether oxygens (including phenoxy) is 2. The average Bonchev–Trinajstić information content (AvgIpc) is 2.53. The van der Waals surface area contributed by atoms with Crippen molar-refractivity contribution in [2.75, 3.05) is 0 Å². The lowest BCUT2D eigenvalue weighted by Gasteiger charge is -2.18. The highest BCUT2D eigenvalue weighted by atomic mass is 16.7. The summed E-state index contributed by atoms with van der Waals surface area (Å²) in [5, 5.41) is 0.461. The average molecular weight is 352 g/mol. The minimum Gasteiger partial charge on any atom is -0.463 e. The highest BCUT2D eigenvalue weighted by Crippen LogP contribution is 2.26. The molecule has 3 rings (SSSR count). The molecule has 0 radical (unpaired) electrons. The van der Waals surface area contributed by atoms with E-state index in [1.54, 1.807) is 33.8 Å². The van der Waals surface area contributed by atoms with Crippen LogP contribution >= 0.6 is 0 Å². The molecule has 1 heterocycles. The van der Waals surface area contributed by atoms with E-state index in [-0.39, 0.29) is 11.2 Å². The molecule has 0 saturated heterocycles. The Hall–Kier alpha value is -3.08. The quantitative estimate of drug-likeness (QED) is 0.475. The first kappa shape index (κ1) is 17.7. The Morgan fingerprint density at radius 2 is 1.77 bits per heavy atom. The standard InChI is InChI=1S/C21H20O5/c1-13-10-15(25-20(23)26-21(2,3)4)11-17-18(13)19(22)16(12-24-17)14-8-6-5-7-9-14/h5-12H,1-4H3. The molecular weight excluding hydrogens is 332 g/mol. The van der Waals surface area contributed by atoms with Gasteiger partial charge in [0.05, 0.1) is 10.9 Å². The highest BCUT2D eigenvalue weighted by molar-refractivity contribution is 5.86. The van der Waals surface area contributed by atoms with Crippen molar-refractivity contribution >= 4 is 17.1 Å². The third kappa shape index (κ3) is 3.77. The molecule has 1 aromatic heterocycles. The van der Waals surface area contributed by atoms with E-state index in [1.807, 2.05) is 30.3 Å². The van der Waals surface area contributed by atoms with Gasteiger partial charge >= 0.3 is 6.16 Å². The fraction of sp³-hybridized carbons (Fsp3) is 0.238. The molecule has 0 aliphatic carbocycles. The van der Waals surface area contributed by atoms with Crippen LogP contribution in [-0.4, -0.2) is 11.8 Å². The van der Waals surface area contributed by atoms with Gasteiger partial charge in [-0.25, -0.2) is 4.79 Å². The van der Waals surface area contributed by atoms with Gasteiger partial charge in [0.1, 0.15) is 23.2 Å². The Balaban J connectivity index is 2.01. The first-order valence-electron chi connectivity index (χ1n) is 8.27. The number of hydrogen-bond donors (Lipinski definition) is 0. The molecule has 0 aliphatic heterocycles. The van der Waals surface area contributed by atoms with Crippen LogP contribution in [0.15, 0.2) is 57.9 Å². The van der Waals surface area contributed by atoms with Gasteiger partial charge in [0.15, 0.2) is 0 Å². The topological polar surface area (TPSA) is 65.7 Å². The van der Waals surface area contributed by atoms with Gasteiger partial charge in [-0.1, -0.05) is 30.3 Å².